The minimum atomic E-state index is -1.04. The van der Waals surface area contributed by atoms with Gasteiger partial charge in [-0.25, -0.2) is 4.79 Å². The first-order chi connectivity index (χ1) is 7.09. The summed E-state index contributed by atoms with van der Waals surface area (Å²) in [4.78, 5) is 23.9. The van der Waals surface area contributed by atoms with Gasteiger partial charge < -0.3 is 4.74 Å². The fraction of sp³-hybridized carbons (Fsp3) is 0.500. The number of nitrogens with one attached hydrogen (secondary N) is 1. The van der Waals surface area contributed by atoms with E-state index in [0.717, 1.165) is 10.8 Å². The fourth-order valence-corrected chi connectivity index (χ4v) is 1.74. The number of hydrogen-bond donors (Lipinski definition) is 1. The second-order valence-corrected chi connectivity index (χ2v) is 3.77. The molecule has 0 radical (unpaired) electrons. The average molecular weight is 235 g/mol. The van der Waals surface area contributed by atoms with Crippen LogP contribution in [-0.4, -0.2) is 21.5 Å². The first-order valence-electron chi connectivity index (χ1n) is 4.36. The van der Waals surface area contributed by atoms with Crippen molar-refractivity contribution >= 4 is 11.6 Å². The molecule has 2 heterocycles. The van der Waals surface area contributed by atoms with Gasteiger partial charge in [0.1, 0.15) is 0 Å². The molecule has 7 heteroatoms. The van der Waals surface area contributed by atoms with Gasteiger partial charge in [-0.3, -0.25) is 14.3 Å². The molecule has 0 amide bonds. The lowest BCUT2D eigenvalue weighted by molar-refractivity contribution is 0.0533. The Kier molecular flexibility index (Phi) is 2.62. The minimum Gasteiger partial charge on any atom is -0.356 e. The molecular formula is C8H8ClFN2O3. The predicted molar refractivity (Wildman–Crippen MR) is 50.5 cm³/mol. The van der Waals surface area contributed by atoms with E-state index in [-0.39, 0.29) is 0 Å². The number of alkyl halides is 1. The normalized spacial score (nSPS) is 25.7. The molecule has 1 saturated heterocycles. The maximum Gasteiger partial charge on any atom is 0.330 e. The maximum atomic E-state index is 12.9. The highest BCUT2D eigenvalue weighted by molar-refractivity contribution is 6.20. The van der Waals surface area contributed by atoms with Gasteiger partial charge in [0.25, 0.3) is 5.56 Å². The predicted octanol–water partition coefficient (Wildman–Crippen LogP) is 0.202. The van der Waals surface area contributed by atoms with Crippen molar-refractivity contribution in [3.8, 4) is 0 Å². The number of rotatable bonds is 1. The van der Waals surface area contributed by atoms with Crippen LogP contribution in [0.15, 0.2) is 15.8 Å². The van der Waals surface area contributed by atoms with Gasteiger partial charge in [-0.1, -0.05) is 0 Å². The zero-order valence-corrected chi connectivity index (χ0v) is 8.33. The van der Waals surface area contributed by atoms with Gasteiger partial charge in [-0.15, -0.1) is 11.6 Å². The molecule has 1 aromatic rings. The lowest BCUT2D eigenvalue weighted by Gasteiger charge is -2.15. The minimum absolute atomic E-state index is 0.395. The molecule has 2 atom stereocenters. The highest BCUT2D eigenvalue weighted by atomic mass is 35.5. The lowest BCUT2D eigenvalue weighted by Crippen LogP contribution is -2.35. The van der Waals surface area contributed by atoms with E-state index >= 15 is 0 Å². The van der Waals surface area contributed by atoms with Crippen LogP contribution in [0.25, 0.3) is 0 Å². The number of nitrogens with zero attached hydrogens (tertiary/aromatic N) is 1. The van der Waals surface area contributed by atoms with Gasteiger partial charge in [-0.05, 0) is 6.42 Å². The Morgan fingerprint density at radius 2 is 2.33 bits per heavy atom. The van der Waals surface area contributed by atoms with Crippen LogP contribution in [0.3, 0.4) is 0 Å². The number of aromatic amines is 1. The summed E-state index contributed by atoms with van der Waals surface area (Å²) in [5, 5.41) is -0.395. The van der Waals surface area contributed by atoms with Gasteiger partial charge in [0.05, 0.1) is 18.2 Å². The van der Waals surface area contributed by atoms with E-state index in [2.05, 4.69) is 0 Å². The molecule has 1 aromatic heterocycles. The van der Waals surface area contributed by atoms with Crippen molar-refractivity contribution in [1.29, 1.82) is 0 Å². The zero-order chi connectivity index (χ0) is 11.0. The van der Waals surface area contributed by atoms with Crippen molar-refractivity contribution in [3.63, 3.8) is 0 Å². The molecule has 2 unspecified atom stereocenters. The van der Waals surface area contributed by atoms with Gasteiger partial charge in [0.2, 0.25) is 5.82 Å². The van der Waals surface area contributed by atoms with Crippen molar-refractivity contribution in [2.75, 3.05) is 6.61 Å². The number of ether oxygens (including phenoxy) is 1. The largest absolute Gasteiger partial charge is 0.356 e. The summed E-state index contributed by atoms with van der Waals surface area (Å²) in [6.45, 7) is 0.409. The molecule has 0 spiro atoms. The summed E-state index contributed by atoms with van der Waals surface area (Å²) in [5.74, 6) is -1.03. The maximum absolute atomic E-state index is 12.9. The van der Waals surface area contributed by atoms with E-state index in [0.29, 0.717) is 13.0 Å². The molecule has 1 N–H and O–H groups in total. The second kappa shape index (κ2) is 3.79. The van der Waals surface area contributed by atoms with Gasteiger partial charge >= 0.3 is 5.69 Å². The number of halogens is 2. The summed E-state index contributed by atoms with van der Waals surface area (Å²) in [5.41, 5.74) is -1.76. The molecule has 15 heavy (non-hydrogen) atoms. The van der Waals surface area contributed by atoms with Crippen LogP contribution in [0.1, 0.15) is 12.6 Å². The molecule has 2 rings (SSSR count). The third-order valence-corrected chi connectivity index (χ3v) is 2.62. The van der Waals surface area contributed by atoms with Crippen LogP contribution in [0.5, 0.6) is 0 Å². The fourth-order valence-electron chi connectivity index (χ4n) is 1.45. The first-order valence-corrected chi connectivity index (χ1v) is 4.80. The Morgan fingerprint density at radius 3 is 2.93 bits per heavy atom. The van der Waals surface area contributed by atoms with Crippen LogP contribution in [-0.2, 0) is 4.74 Å². The number of aromatic nitrogens is 2. The Balaban J connectivity index is 2.48. The van der Waals surface area contributed by atoms with Crippen molar-refractivity contribution < 1.29 is 9.13 Å². The average Bonchev–Trinajstić information content (AvgIpc) is 2.58. The molecule has 0 saturated carbocycles. The Bertz CT molecular complexity index is 484. The highest BCUT2D eigenvalue weighted by Gasteiger charge is 2.29. The Hall–Kier alpha value is -1.14. The molecule has 5 nitrogen and oxygen atoms in total. The number of hydrogen-bond acceptors (Lipinski definition) is 3. The standard InChI is InChI=1S/C8H8ClFN2O3/c9-4-1-2-15-7(4)12-3-5(10)6(13)11-8(12)14/h3-4,7H,1-2H2,(H,11,13,14). The van der Waals surface area contributed by atoms with E-state index in [4.69, 9.17) is 16.3 Å². The SMILES string of the molecule is O=c1[nH]c(=O)n(C2OCCC2Cl)cc1F. The Labute approximate surface area is 88.4 Å². The first kappa shape index (κ1) is 10.4. The van der Waals surface area contributed by atoms with Crippen molar-refractivity contribution in [3.05, 3.63) is 32.9 Å². The molecule has 82 valence electrons. The molecule has 1 aliphatic heterocycles. The van der Waals surface area contributed by atoms with Gasteiger partial charge in [0.15, 0.2) is 6.23 Å². The van der Waals surface area contributed by atoms with E-state index in [9.17, 15) is 14.0 Å². The van der Waals surface area contributed by atoms with Crippen LogP contribution in [0.2, 0.25) is 0 Å². The van der Waals surface area contributed by atoms with E-state index in [1.54, 1.807) is 0 Å². The third-order valence-electron chi connectivity index (χ3n) is 2.19. The summed E-state index contributed by atoms with van der Waals surface area (Å²) in [6.07, 6.45) is 0.678. The molecule has 1 aliphatic rings. The van der Waals surface area contributed by atoms with Crippen molar-refractivity contribution in [2.24, 2.45) is 0 Å². The van der Waals surface area contributed by atoms with E-state index in [1.165, 1.54) is 0 Å². The Morgan fingerprint density at radius 1 is 1.60 bits per heavy atom. The van der Waals surface area contributed by atoms with E-state index < -0.39 is 28.7 Å². The molecule has 0 aromatic carbocycles. The smallest absolute Gasteiger partial charge is 0.330 e. The molecule has 1 fully saturated rings. The summed E-state index contributed by atoms with van der Waals surface area (Å²) in [6, 6.07) is 0. The zero-order valence-electron chi connectivity index (χ0n) is 7.57. The monoisotopic (exact) mass is 234 g/mol. The van der Waals surface area contributed by atoms with Crippen molar-refractivity contribution in [2.45, 2.75) is 18.0 Å². The topological polar surface area (TPSA) is 64.1 Å². The van der Waals surface area contributed by atoms with Crippen LogP contribution in [0.4, 0.5) is 4.39 Å². The quantitative estimate of drug-likeness (QED) is 0.706. The van der Waals surface area contributed by atoms with Crippen LogP contribution in [0, 0.1) is 5.82 Å². The molecule has 0 bridgehead atoms. The highest BCUT2D eigenvalue weighted by Crippen LogP contribution is 2.26. The van der Waals surface area contributed by atoms with Crippen molar-refractivity contribution in [1.82, 2.24) is 9.55 Å². The van der Waals surface area contributed by atoms with Gasteiger partial charge in [-0.2, -0.15) is 4.39 Å². The molecular weight excluding hydrogens is 227 g/mol. The van der Waals surface area contributed by atoms with E-state index in [1.807, 2.05) is 4.98 Å². The van der Waals surface area contributed by atoms with Crippen LogP contribution >= 0.6 is 11.6 Å². The summed E-state index contributed by atoms with van der Waals surface area (Å²) >= 11 is 5.88. The summed E-state index contributed by atoms with van der Waals surface area (Å²) < 4.78 is 19.1. The third kappa shape index (κ3) is 1.82. The second-order valence-electron chi connectivity index (χ2n) is 3.21. The summed E-state index contributed by atoms with van der Waals surface area (Å²) in [7, 11) is 0. The van der Waals surface area contributed by atoms with Crippen LogP contribution < -0.4 is 11.2 Å². The van der Waals surface area contributed by atoms with Gasteiger partial charge in [0, 0.05) is 0 Å². The number of H-pyrrole nitrogens is 1. The lowest BCUT2D eigenvalue weighted by atomic mass is 10.3. The molecule has 0 aliphatic carbocycles.